The molecule has 0 fully saturated rings. The predicted molar refractivity (Wildman–Crippen MR) is 60.6 cm³/mol. The van der Waals surface area contributed by atoms with Crippen molar-refractivity contribution in [2.75, 3.05) is 22.8 Å². The second-order valence-electron chi connectivity index (χ2n) is 2.76. The minimum atomic E-state index is 0.249. The fourth-order valence-electron chi connectivity index (χ4n) is 0.877. The fourth-order valence-corrected chi connectivity index (χ4v) is 1.03. The Hall–Kier alpha value is -1.54. The Morgan fingerprint density at radius 2 is 2.40 bits per heavy atom. The van der Waals surface area contributed by atoms with Gasteiger partial charge in [0.15, 0.2) is 0 Å². The molecule has 5 nitrogen and oxygen atoms in total. The van der Waals surface area contributed by atoms with Crippen molar-refractivity contribution in [1.29, 1.82) is 0 Å². The second kappa shape index (κ2) is 6.04. The molecule has 0 saturated heterocycles. The predicted octanol–water partition coefficient (Wildman–Crippen LogP) is 1.29. The van der Waals surface area contributed by atoms with E-state index < -0.39 is 0 Å². The Morgan fingerprint density at radius 1 is 1.60 bits per heavy atom. The minimum Gasteiger partial charge on any atom is -0.354 e. The quantitative estimate of drug-likeness (QED) is 0.605. The first-order valence-corrected chi connectivity index (χ1v) is 4.91. The molecule has 0 aliphatic rings. The van der Waals surface area contributed by atoms with E-state index in [1.54, 1.807) is 0 Å². The molecule has 0 aliphatic carbocycles. The Labute approximate surface area is 94.0 Å². The second-order valence-corrected chi connectivity index (χ2v) is 3.17. The Kier molecular flexibility index (Phi) is 4.64. The van der Waals surface area contributed by atoms with Crippen LogP contribution in [0.4, 0.5) is 11.9 Å². The Balaban J connectivity index is 2.69. The van der Waals surface area contributed by atoms with Crippen LogP contribution < -0.4 is 9.74 Å². The lowest BCUT2D eigenvalue weighted by Crippen LogP contribution is -2.15. The van der Waals surface area contributed by atoms with Gasteiger partial charge in [-0.05, 0) is 6.42 Å². The molecule has 1 rings (SSSR count). The summed E-state index contributed by atoms with van der Waals surface area (Å²) in [6, 6.07) is 0. The smallest absolute Gasteiger partial charge is 0.245 e. The molecule has 1 aromatic rings. The minimum absolute atomic E-state index is 0.249. The Bertz CT molecular complexity index is 349. The van der Waals surface area contributed by atoms with Crippen LogP contribution >= 0.6 is 11.8 Å². The number of hydrogen-bond acceptors (Lipinski definition) is 5. The summed E-state index contributed by atoms with van der Waals surface area (Å²) in [5, 5.41) is 3.03. The standard InChI is InChI=1S/C9H12ClN5/c1-3-5-11-8-12-7-13-9(14-8)15(10)6-4-2/h2,7H,3,5-6H2,1H3,(H,11,12,13,14). The average Bonchev–Trinajstić information content (AvgIpc) is 2.27. The van der Waals surface area contributed by atoms with Crippen LogP contribution in [0.25, 0.3) is 0 Å². The fraction of sp³-hybridized carbons (Fsp3) is 0.444. The number of anilines is 2. The van der Waals surface area contributed by atoms with Gasteiger partial charge in [0.1, 0.15) is 6.33 Å². The zero-order valence-corrected chi connectivity index (χ0v) is 9.20. The number of terminal acetylenes is 1. The van der Waals surface area contributed by atoms with Crippen LogP contribution in [0.5, 0.6) is 0 Å². The highest BCUT2D eigenvalue weighted by atomic mass is 35.5. The van der Waals surface area contributed by atoms with E-state index in [0.717, 1.165) is 13.0 Å². The molecule has 80 valence electrons. The van der Waals surface area contributed by atoms with E-state index in [1.165, 1.54) is 10.7 Å². The van der Waals surface area contributed by atoms with Crippen LogP contribution in [0.3, 0.4) is 0 Å². The van der Waals surface area contributed by atoms with Crippen molar-refractivity contribution in [2.45, 2.75) is 13.3 Å². The van der Waals surface area contributed by atoms with Gasteiger partial charge in [-0.3, -0.25) is 0 Å². The molecule has 0 atom stereocenters. The van der Waals surface area contributed by atoms with Crippen molar-refractivity contribution in [3.8, 4) is 12.3 Å². The van der Waals surface area contributed by atoms with E-state index in [1.807, 2.05) is 0 Å². The highest BCUT2D eigenvalue weighted by Gasteiger charge is 2.06. The molecule has 0 saturated carbocycles. The SMILES string of the molecule is C#CCN(Cl)c1ncnc(NCCC)n1. The summed E-state index contributed by atoms with van der Waals surface area (Å²) in [4.78, 5) is 11.9. The zero-order chi connectivity index (χ0) is 11.1. The molecule has 6 heteroatoms. The lowest BCUT2D eigenvalue weighted by molar-refractivity contribution is 0.929. The molecule has 1 N–H and O–H groups in total. The molecule has 0 bridgehead atoms. The number of rotatable bonds is 5. The monoisotopic (exact) mass is 225 g/mol. The van der Waals surface area contributed by atoms with Crippen molar-refractivity contribution >= 4 is 23.7 Å². The van der Waals surface area contributed by atoms with Crippen LogP contribution in [0, 0.1) is 12.3 Å². The molecule has 0 aliphatic heterocycles. The summed E-state index contributed by atoms with van der Waals surface area (Å²) in [5.74, 6) is 3.26. The van der Waals surface area contributed by atoms with Gasteiger partial charge in [0, 0.05) is 18.3 Å². The maximum absolute atomic E-state index is 5.82. The molecular weight excluding hydrogens is 214 g/mol. The van der Waals surface area contributed by atoms with Gasteiger partial charge >= 0.3 is 0 Å². The van der Waals surface area contributed by atoms with E-state index in [9.17, 15) is 0 Å². The first-order chi connectivity index (χ1) is 7.27. The average molecular weight is 226 g/mol. The van der Waals surface area contributed by atoms with Crippen LogP contribution in [0.1, 0.15) is 13.3 Å². The molecule has 1 aromatic heterocycles. The van der Waals surface area contributed by atoms with E-state index in [-0.39, 0.29) is 6.54 Å². The maximum Gasteiger partial charge on any atom is 0.245 e. The van der Waals surface area contributed by atoms with Gasteiger partial charge in [0.2, 0.25) is 11.9 Å². The van der Waals surface area contributed by atoms with Crippen molar-refractivity contribution in [2.24, 2.45) is 0 Å². The van der Waals surface area contributed by atoms with E-state index in [2.05, 4.69) is 33.1 Å². The summed E-state index contributed by atoms with van der Waals surface area (Å²) in [7, 11) is 0. The van der Waals surface area contributed by atoms with E-state index >= 15 is 0 Å². The van der Waals surface area contributed by atoms with Gasteiger partial charge in [-0.25, -0.2) is 9.40 Å². The third-order valence-electron chi connectivity index (χ3n) is 1.54. The highest BCUT2D eigenvalue weighted by Crippen LogP contribution is 2.09. The molecule has 0 radical (unpaired) electrons. The number of aromatic nitrogens is 3. The summed E-state index contributed by atoms with van der Waals surface area (Å²) in [6.45, 7) is 3.11. The van der Waals surface area contributed by atoms with Gasteiger partial charge < -0.3 is 5.32 Å². The first-order valence-electron chi connectivity index (χ1n) is 4.57. The normalized spacial score (nSPS) is 9.40. The number of hydrogen-bond donors (Lipinski definition) is 1. The third-order valence-corrected chi connectivity index (χ3v) is 1.81. The van der Waals surface area contributed by atoms with Gasteiger partial charge in [-0.1, -0.05) is 12.8 Å². The van der Waals surface area contributed by atoms with E-state index in [0.29, 0.717) is 11.9 Å². The number of nitrogens with one attached hydrogen (secondary N) is 1. The lowest BCUT2D eigenvalue weighted by Gasteiger charge is -2.10. The highest BCUT2D eigenvalue weighted by molar-refractivity contribution is 6.25. The lowest BCUT2D eigenvalue weighted by atomic mass is 10.5. The first kappa shape index (κ1) is 11.5. The molecule has 15 heavy (non-hydrogen) atoms. The molecule has 0 aromatic carbocycles. The molecular formula is C9H12ClN5. The summed E-state index contributed by atoms with van der Waals surface area (Å²) >= 11 is 5.82. The van der Waals surface area contributed by atoms with Gasteiger partial charge in [-0.2, -0.15) is 9.97 Å². The summed E-state index contributed by atoms with van der Waals surface area (Å²) in [6.07, 6.45) is 7.51. The summed E-state index contributed by atoms with van der Waals surface area (Å²) in [5.41, 5.74) is 0. The third kappa shape index (κ3) is 3.60. The van der Waals surface area contributed by atoms with Crippen LogP contribution in [0.15, 0.2) is 6.33 Å². The number of halogens is 1. The largest absolute Gasteiger partial charge is 0.354 e. The topological polar surface area (TPSA) is 53.9 Å². The number of nitrogens with zero attached hydrogens (tertiary/aromatic N) is 4. The maximum atomic E-state index is 5.82. The molecule has 1 heterocycles. The zero-order valence-electron chi connectivity index (χ0n) is 8.44. The Morgan fingerprint density at radius 3 is 3.07 bits per heavy atom. The van der Waals surface area contributed by atoms with Crippen molar-refractivity contribution in [3.05, 3.63) is 6.33 Å². The van der Waals surface area contributed by atoms with Crippen molar-refractivity contribution in [1.82, 2.24) is 15.0 Å². The van der Waals surface area contributed by atoms with Crippen LogP contribution in [-0.4, -0.2) is 28.0 Å². The van der Waals surface area contributed by atoms with E-state index in [4.69, 9.17) is 18.2 Å². The van der Waals surface area contributed by atoms with Crippen molar-refractivity contribution < 1.29 is 0 Å². The van der Waals surface area contributed by atoms with Gasteiger partial charge in [0.05, 0.1) is 6.54 Å². The molecule has 0 unspecified atom stereocenters. The molecule has 0 amide bonds. The summed E-state index contributed by atoms with van der Waals surface area (Å²) < 4.78 is 1.26. The van der Waals surface area contributed by atoms with Gasteiger partial charge in [-0.15, -0.1) is 6.42 Å². The van der Waals surface area contributed by atoms with Crippen molar-refractivity contribution in [3.63, 3.8) is 0 Å². The van der Waals surface area contributed by atoms with Gasteiger partial charge in [0.25, 0.3) is 0 Å². The van der Waals surface area contributed by atoms with Crippen LogP contribution in [-0.2, 0) is 0 Å². The van der Waals surface area contributed by atoms with Crippen LogP contribution in [0.2, 0.25) is 0 Å². The molecule has 0 spiro atoms.